The maximum Gasteiger partial charge on any atom is 0.325 e. The Morgan fingerprint density at radius 3 is 2.90 bits per heavy atom. The number of carbonyl (C=O) groups excluding carboxylic acids is 1. The molecule has 104 valence electrons. The van der Waals surface area contributed by atoms with E-state index in [9.17, 15) is 14.9 Å². The van der Waals surface area contributed by atoms with Crippen LogP contribution in [-0.2, 0) is 9.53 Å². The van der Waals surface area contributed by atoms with E-state index >= 15 is 0 Å². The molecular weight excluding hydrogens is 288 g/mol. The van der Waals surface area contributed by atoms with Crippen molar-refractivity contribution in [2.45, 2.75) is 0 Å². The van der Waals surface area contributed by atoms with Crippen molar-refractivity contribution in [1.82, 2.24) is 9.97 Å². The Kier molecular flexibility index (Phi) is 3.94. The standard InChI is InChI=1S/C11H9ClN4O4/c1-20-9(17)5-13-10-7-4-6(16(18)19)2-3-8(7)14-11(12)15-10/h2-4H,5H2,1H3,(H,13,14,15). The molecule has 1 heterocycles. The number of halogens is 1. The summed E-state index contributed by atoms with van der Waals surface area (Å²) in [4.78, 5) is 29.2. The first-order valence-electron chi connectivity index (χ1n) is 5.43. The summed E-state index contributed by atoms with van der Waals surface area (Å²) in [6.45, 7) is -0.137. The zero-order valence-corrected chi connectivity index (χ0v) is 11.0. The van der Waals surface area contributed by atoms with Crippen LogP contribution in [0.4, 0.5) is 11.5 Å². The molecule has 0 amide bonds. The Bertz CT molecular complexity index is 691. The van der Waals surface area contributed by atoms with Gasteiger partial charge in [0.05, 0.1) is 17.5 Å². The van der Waals surface area contributed by atoms with Gasteiger partial charge in [-0.25, -0.2) is 9.97 Å². The predicted octanol–water partition coefficient (Wildman–Crippen LogP) is 1.78. The Labute approximate surface area is 117 Å². The van der Waals surface area contributed by atoms with Gasteiger partial charge in [-0.3, -0.25) is 14.9 Å². The summed E-state index contributed by atoms with van der Waals surface area (Å²) in [5.74, 6) is -0.271. The number of fused-ring (bicyclic) bond motifs is 1. The molecule has 0 saturated heterocycles. The van der Waals surface area contributed by atoms with Crippen molar-refractivity contribution in [3.8, 4) is 0 Å². The fraction of sp³-hybridized carbons (Fsp3) is 0.182. The average molecular weight is 297 g/mol. The van der Waals surface area contributed by atoms with Crippen LogP contribution >= 0.6 is 11.6 Å². The number of carbonyl (C=O) groups is 1. The largest absolute Gasteiger partial charge is 0.468 e. The zero-order chi connectivity index (χ0) is 14.7. The maximum absolute atomic E-state index is 11.1. The molecule has 9 heteroatoms. The fourth-order valence-electron chi connectivity index (χ4n) is 1.56. The van der Waals surface area contributed by atoms with Crippen LogP contribution in [0.3, 0.4) is 0 Å². The summed E-state index contributed by atoms with van der Waals surface area (Å²) in [5.41, 5.74) is 0.326. The second-order valence-corrected chi connectivity index (χ2v) is 4.07. The molecule has 0 radical (unpaired) electrons. The van der Waals surface area contributed by atoms with E-state index in [0.29, 0.717) is 10.9 Å². The third-order valence-corrected chi connectivity index (χ3v) is 2.66. The van der Waals surface area contributed by atoms with E-state index in [2.05, 4.69) is 20.0 Å². The minimum atomic E-state index is -0.530. The van der Waals surface area contributed by atoms with Gasteiger partial charge >= 0.3 is 5.97 Å². The Morgan fingerprint density at radius 1 is 1.50 bits per heavy atom. The number of nitro benzene ring substituents is 1. The van der Waals surface area contributed by atoms with Crippen LogP contribution in [0.5, 0.6) is 0 Å². The van der Waals surface area contributed by atoms with E-state index in [0.717, 1.165) is 0 Å². The van der Waals surface area contributed by atoms with Crippen molar-refractivity contribution < 1.29 is 14.5 Å². The van der Waals surface area contributed by atoms with E-state index in [1.54, 1.807) is 0 Å². The predicted molar refractivity (Wildman–Crippen MR) is 71.7 cm³/mol. The average Bonchev–Trinajstić information content (AvgIpc) is 2.43. The number of esters is 1. The topological polar surface area (TPSA) is 107 Å². The first kappa shape index (κ1) is 13.9. The molecule has 2 rings (SSSR count). The number of non-ortho nitro benzene ring substituents is 1. The van der Waals surface area contributed by atoms with Crippen LogP contribution in [0.25, 0.3) is 10.9 Å². The monoisotopic (exact) mass is 296 g/mol. The van der Waals surface area contributed by atoms with Crippen LogP contribution in [0, 0.1) is 10.1 Å². The normalized spacial score (nSPS) is 10.3. The number of nitrogens with one attached hydrogen (secondary N) is 1. The molecule has 1 N–H and O–H groups in total. The van der Waals surface area contributed by atoms with Gasteiger partial charge in [0.25, 0.3) is 5.69 Å². The highest BCUT2D eigenvalue weighted by Crippen LogP contribution is 2.26. The first-order valence-corrected chi connectivity index (χ1v) is 5.81. The summed E-state index contributed by atoms with van der Waals surface area (Å²) in [6, 6.07) is 4.09. The molecule has 0 aliphatic heterocycles. The van der Waals surface area contributed by atoms with Crippen molar-refractivity contribution in [3.63, 3.8) is 0 Å². The first-order chi connectivity index (χ1) is 9.51. The van der Waals surface area contributed by atoms with Crippen LogP contribution in [0.1, 0.15) is 0 Å². The fourth-order valence-corrected chi connectivity index (χ4v) is 1.74. The van der Waals surface area contributed by atoms with Gasteiger partial charge in [0, 0.05) is 17.5 Å². The molecule has 2 aromatic rings. The number of benzene rings is 1. The zero-order valence-electron chi connectivity index (χ0n) is 10.3. The smallest absolute Gasteiger partial charge is 0.325 e. The lowest BCUT2D eigenvalue weighted by atomic mass is 10.2. The number of methoxy groups -OCH3 is 1. The SMILES string of the molecule is COC(=O)CNc1nc(Cl)nc2ccc([N+](=O)[O-])cc12. The quantitative estimate of drug-likeness (QED) is 0.396. The maximum atomic E-state index is 11.1. The van der Waals surface area contributed by atoms with Gasteiger partial charge in [-0.1, -0.05) is 0 Å². The summed E-state index contributed by atoms with van der Waals surface area (Å²) < 4.78 is 4.49. The third-order valence-electron chi connectivity index (χ3n) is 2.49. The number of hydrogen-bond acceptors (Lipinski definition) is 7. The highest BCUT2D eigenvalue weighted by atomic mass is 35.5. The summed E-state index contributed by atoms with van der Waals surface area (Å²) in [6.07, 6.45) is 0. The number of aromatic nitrogens is 2. The highest BCUT2D eigenvalue weighted by molar-refractivity contribution is 6.28. The van der Waals surface area contributed by atoms with Crippen molar-refractivity contribution in [3.05, 3.63) is 33.6 Å². The van der Waals surface area contributed by atoms with E-state index in [-0.39, 0.29) is 23.3 Å². The number of hydrogen-bond donors (Lipinski definition) is 1. The number of anilines is 1. The van der Waals surface area contributed by atoms with Crippen molar-refractivity contribution in [2.75, 3.05) is 19.0 Å². The van der Waals surface area contributed by atoms with Crippen molar-refractivity contribution in [2.24, 2.45) is 0 Å². The lowest BCUT2D eigenvalue weighted by Gasteiger charge is -2.07. The molecule has 0 atom stereocenters. The van der Waals surface area contributed by atoms with Crippen LogP contribution < -0.4 is 5.32 Å². The molecule has 0 aliphatic rings. The van der Waals surface area contributed by atoms with Gasteiger partial charge in [-0.2, -0.15) is 0 Å². The molecule has 0 saturated carbocycles. The molecule has 1 aromatic heterocycles. The van der Waals surface area contributed by atoms with E-state index < -0.39 is 10.9 Å². The summed E-state index contributed by atoms with van der Waals surface area (Å²) in [5, 5.41) is 13.9. The third kappa shape index (κ3) is 2.91. The molecular formula is C11H9ClN4O4. The Balaban J connectivity index is 2.47. The van der Waals surface area contributed by atoms with Crippen molar-refractivity contribution in [1.29, 1.82) is 0 Å². The number of nitro groups is 1. The molecule has 0 bridgehead atoms. The Hall–Kier alpha value is -2.48. The molecule has 1 aromatic carbocycles. The van der Waals surface area contributed by atoms with Crippen LogP contribution in [0.15, 0.2) is 18.2 Å². The van der Waals surface area contributed by atoms with Gasteiger partial charge < -0.3 is 10.1 Å². The van der Waals surface area contributed by atoms with Crippen LogP contribution in [0.2, 0.25) is 5.28 Å². The Morgan fingerprint density at radius 2 is 2.25 bits per heavy atom. The van der Waals surface area contributed by atoms with Crippen LogP contribution in [-0.4, -0.2) is 34.5 Å². The number of rotatable bonds is 4. The molecule has 0 unspecified atom stereocenters. The molecule has 20 heavy (non-hydrogen) atoms. The summed E-state index contributed by atoms with van der Waals surface area (Å²) >= 11 is 5.76. The second kappa shape index (κ2) is 5.66. The molecule has 0 aliphatic carbocycles. The van der Waals surface area contributed by atoms with Gasteiger partial charge in [0.15, 0.2) is 0 Å². The molecule has 0 fully saturated rings. The van der Waals surface area contributed by atoms with E-state index in [4.69, 9.17) is 11.6 Å². The van der Waals surface area contributed by atoms with E-state index in [1.807, 2.05) is 0 Å². The lowest BCUT2D eigenvalue weighted by Crippen LogP contribution is -2.16. The minimum Gasteiger partial charge on any atom is -0.468 e. The van der Waals surface area contributed by atoms with Gasteiger partial charge in [-0.05, 0) is 17.7 Å². The van der Waals surface area contributed by atoms with E-state index in [1.165, 1.54) is 25.3 Å². The van der Waals surface area contributed by atoms with Gasteiger partial charge in [0.2, 0.25) is 5.28 Å². The lowest BCUT2D eigenvalue weighted by molar-refractivity contribution is -0.384. The summed E-state index contributed by atoms with van der Waals surface area (Å²) in [7, 11) is 1.25. The van der Waals surface area contributed by atoms with Crippen molar-refractivity contribution >= 4 is 40.0 Å². The van der Waals surface area contributed by atoms with Gasteiger partial charge in [0.1, 0.15) is 12.4 Å². The molecule has 0 spiro atoms. The number of nitrogens with zero attached hydrogens (tertiary/aromatic N) is 3. The number of ether oxygens (including phenoxy) is 1. The molecule has 8 nitrogen and oxygen atoms in total. The minimum absolute atomic E-state index is 0.0290. The second-order valence-electron chi connectivity index (χ2n) is 3.73. The van der Waals surface area contributed by atoms with Gasteiger partial charge in [-0.15, -0.1) is 0 Å². The highest BCUT2D eigenvalue weighted by Gasteiger charge is 2.13.